The molecule has 0 spiro atoms. The van der Waals surface area contributed by atoms with Crippen molar-refractivity contribution >= 4 is 39.4 Å². The van der Waals surface area contributed by atoms with Gasteiger partial charge in [0.15, 0.2) is 5.75 Å². The van der Waals surface area contributed by atoms with Gasteiger partial charge in [0.2, 0.25) is 0 Å². The number of nitrogens with zero attached hydrogens (tertiary/aromatic N) is 1. The fourth-order valence-corrected chi connectivity index (χ4v) is 3.83. The molecule has 3 rings (SSSR count). The lowest BCUT2D eigenvalue weighted by Gasteiger charge is -2.09. The average molecular weight is 471 g/mol. The van der Waals surface area contributed by atoms with Crippen molar-refractivity contribution in [3.05, 3.63) is 94.3 Å². The maximum atomic E-state index is 13.7. The quantitative estimate of drug-likeness (QED) is 0.307. The van der Waals surface area contributed by atoms with Crippen LogP contribution in [0.5, 0.6) is 5.75 Å². The van der Waals surface area contributed by atoms with Crippen LogP contribution >= 0.6 is 11.6 Å². The van der Waals surface area contributed by atoms with E-state index in [9.17, 15) is 22.9 Å². The zero-order chi connectivity index (χ0) is 23.3. The van der Waals surface area contributed by atoms with Gasteiger partial charge in [-0.05, 0) is 55.0 Å². The Labute approximate surface area is 189 Å². The second-order valence-corrected chi connectivity index (χ2v) is 8.60. The first-order chi connectivity index (χ1) is 15.2. The Hall–Kier alpha value is -3.67. The monoisotopic (exact) mass is 470 g/mol. The number of rotatable bonds is 6. The summed E-state index contributed by atoms with van der Waals surface area (Å²) in [4.78, 5) is 12.3. The van der Waals surface area contributed by atoms with E-state index in [-0.39, 0.29) is 26.9 Å². The van der Waals surface area contributed by atoms with Crippen LogP contribution in [-0.2, 0) is 14.9 Å². The first kappa shape index (κ1) is 23.0. The zero-order valence-electron chi connectivity index (χ0n) is 16.7. The van der Waals surface area contributed by atoms with Crippen molar-refractivity contribution in [1.29, 1.82) is 5.26 Å². The lowest BCUT2D eigenvalue weighted by molar-refractivity contribution is -0.112. The van der Waals surface area contributed by atoms with Crippen LogP contribution in [0.15, 0.2) is 77.2 Å². The molecule has 9 heteroatoms. The summed E-state index contributed by atoms with van der Waals surface area (Å²) in [6.07, 6.45) is 1.24. The van der Waals surface area contributed by atoms with Crippen molar-refractivity contribution < 1.29 is 21.8 Å². The van der Waals surface area contributed by atoms with Crippen LogP contribution in [0.1, 0.15) is 11.1 Å². The largest absolute Gasteiger partial charge is 0.377 e. The fourth-order valence-electron chi connectivity index (χ4n) is 2.61. The Morgan fingerprint density at radius 1 is 1.12 bits per heavy atom. The minimum atomic E-state index is -4.10. The lowest BCUT2D eigenvalue weighted by Crippen LogP contribution is -2.14. The number of anilines is 1. The standard InChI is InChI=1S/C23H16ClFN2O4S/c1-15-6-9-18(10-7-15)32(29,30)31-22-11-8-16(13-19(22)24)12-17(14-26)23(28)27-21-5-3-2-4-20(21)25/h2-13H,1H3,(H,27,28)/b17-12+. The molecule has 1 amide bonds. The third-order valence-electron chi connectivity index (χ3n) is 4.26. The summed E-state index contributed by atoms with van der Waals surface area (Å²) in [5, 5.41) is 11.6. The number of carbonyl (C=O) groups is 1. The van der Waals surface area contributed by atoms with E-state index in [0.29, 0.717) is 5.56 Å². The van der Waals surface area contributed by atoms with E-state index < -0.39 is 21.8 Å². The second-order valence-electron chi connectivity index (χ2n) is 6.64. The van der Waals surface area contributed by atoms with E-state index in [1.165, 1.54) is 60.7 Å². The van der Waals surface area contributed by atoms with E-state index in [1.807, 2.05) is 6.92 Å². The molecule has 0 radical (unpaired) electrons. The van der Waals surface area contributed by atoms with Gasteiger partial charge in [-0.3, -0.25) is 4.79 Å². The summed E-state index contributed by atoms with van der Waals surface area (Å²) in [7, 11) is -4.10. The molecular weight excluding hydrogens is 455 g/mol. The van der Waals surface area contributed by atoms with Crippen LogP contribution in [-0.4, -0.2) is 14.3 Å². The van der Waals surface area contributed by atoms with Crippen molar-refractivity contribution in [3.63, 3.8) is 0 Å². The van der Waals surface area contributed by atoms with Crippen LogP contribution in [0.25, 0.3) is 6.08 Å². The van der Waals surface area contributed by atoms with Gasteiger partial charge in [0, 0.05) is 0 Å². The second kappa shape index (κ2) is 9.64. The number of para-hydroxylation sites is 1. The van der Waals surface area contributed by atoms with Gasteiger partial charge in [-0.2, -0.15) is 13.7 Å². The summed E-state index contributed by atoms with van der Waals surface area (Å²) in [6.45, 7) is 1.83. The highest BCUT2D eigenvalue weighted by Gasteiger charge is 2.18. The van der Waals surface area contributed by atoms with Crippen molar-refractivity contribution in [3.8, 4) is 11.8 Å². The molecule has 0 heterocycles. The number of amides is 1. The van der Waals surface area contributed by atoms with Gasteiger partial charge in [-0.25, -0.2) is 4.39 Å². The first-order valence-electron chi connectivity index (χ1n) is 9.18. The zero-order valence-corrected chi connectivity index (χ0v) is 18.2. The van der Waals surface area contributed by atoms with E-state index >= 15 is 0 Å². The molecule has 0 aliphatic rings. The molecule has 3 aromatic rings. The molecule has 1 N–H and O–H groups in total. The van der Waals surface area contributed by atoms with Gasteiger partial charge in [-0.1, -0.05) is 47.5 Å². The van der Waals surface area contributed by atoms with Crippen molar-refractivity contribution in [2.45, 2.75) is 11.8 Å². The number of halogens is 2. The molecule has 0 unspecified atom stereocenters. The molecular formula is C23H16ClFN2O4S. The molecule has 32 heavy (non-hydrogen) atoms. The summed E-state index contributed by atoms with van der Waals surface area (Å²) in [6, 6.07) is 17.5. The lowest BCUT2D eigenvalue weighted by atomic mass is 10.1. The number of carbonyl (C=O) groups excluding carboxylic acids is 1. The third kappa shape index (κ3) is 5.52. The van der Waals surface area contributed by atoms with Gasteiger partial charge in [0.25, 0.3) is 5.91 Å². The third-order valence-corrected chi connectivity index (χ3v) is 5.81. The Balaban J connectivity index is 1.81. The average Bonchev–Trinajstić information content (AvgIpc) is 2.75. The van der Waals surface area contributed by atoms with E-state index in [0.717, 1.165) is 5.56 Å². The molecule has 0 fully saturated rings. The van der Waals surface area contributed by atoms with Crippen molar-refractivity contribution in [1.82, 2.24) is 0 Å². The predicted octanol–water partition coefficient (Wildman–Crippen LogP) is 5.10. The summed E-state index contributed by atoms with van der Waals surface area (Å²) < 4.78 is 43.7. The number of nitriles is 1. The summed E-state index contributed by atoms with van der Waals surface area (Å²) in [5.74, 6) is -1.56. The molecule has 0 aliphatic carbocycles. The van der Waals surface area contributed by atoms with Crippen LogP contribution in [0.2, 0.25) is 5.02 Å². The maximum Gasteiger partial charge on any atom is 0.339 e. The van der Waals surface area contributed by atoms with Gasteiger partial charge in [0.05, 0.1) is 10.7 Å². The van der Waals surface area contributed by atoms with Crippen LogP contribution in [0.4, 0.5) is 10.1 Å². The Morgan fingerprint density at radius 3 is 2.44 bits per heavy atom. The molecule has 162 valence electrons. The Morgan fingerprint density at radius 2 is 1.81 bits per heavy atom. The van der Waals surface area contributed by atoms with Crippen molar-refractivity contribution in [2.75, 3.05) is 5.32 Å². The number of benzene rings is 3. The summed E-state index contributed by atoms with van der Waals surface area (Å²) in [5.41, 5.74) is 0.868. The fraction of sp³-hybridized carbons (Fsp3) is 0.0435. The molecule has 6 nitrogen and oxygen atoms in total. The van der Waals surface area contributed by atoms with E-state index in [1.54, 1.807) is 18.2 Å². The van der Waals surface area contributed by atoms with E-state index in [2.05, 4.69) is 5.32 Å². The minimum Gasteiger partial charge on any atom is -0.377 e. The van der Waals surface area contributed by atoms with Gasteiger partial charge < -0.3 is 9.50 Å². The highest BCUT2D eigenvalue weighted by atomic mass is 35.5. The molecule has 0 saturated carbocycles. The minimum absolute atomic E-state index is 0.0280. The molecule has 3 aromatic carbocycles. The Kier molecular flexibility index (Phi) is 6.93. The molecule has 0 aliphatic heterocycles. The van der Waals surface area contributed by atoms with E-state index in [4.69, 9.17) is 15.8 Å². The smallest absolute Gasteiger partial charge is 0.339 e. The number of aryl methyl sites for hydroxylation is 1. The topological polar surface area (TPSA) is 96.3 Å². The van der Waals surface area contributed by atoms with Crippen LogP contribution < -0.4 is 9.50 Å². The predicted molar refractivity (Wildman–Crippen MR) is 119 cm³/mol. The van der Waals surface area contributed by atoms with Gasteiger partial charge in [0.1, 0.15) is 22.4 Å². The van der Waals surface area contributed by atoms with Crippen LogP contribution in [0.3, 0.4) is 0 Å². The highest BCUT2D eigenvalue weighted by Crippen LogP contribution is 2.29. The molecule has 0 atom stereocenters. The van der Waals surface area contributed by atoms with Crippen LogP contribution in [0, 0.1) is 24.1 Å². The van der Waals surface area contributed by atoms with Crippen molar-refractivity contribution in [2.24, 2.45) is 0 Å². The SMILES string of the molecule is Cc1ccc(S(=O)(=O)Oc2ccc(/C=C(\C#N)C(=O)Nc3ccccc3F)cc2Cl)cc1. The molecule has 0 saturated heterocycles. The first-order valence-corrected chi connectivity index (χ1v) is 11.0. The summed E-state index contributed by atoms with van der Waals surface area (Å²) >= 11 is 6.15. The maximum absolute atomic E-state index is 13.7. The van der Waals surface area contributed by atoms with Gasteiger partial charge in [-0.15, -0.1) is 0 Å². The van der Waals surface area contributed by atoms with Gasteiger partial charge >= 0.3 is 10.1 Å². The number of hydrogen-bond donors (Lipinski definition) is 1. The molecule has 0 aromatic heterocycles. The molecule has 0 bridgehead atoms. The number of nitrogens with one attached hydrogen (secondary N) is 1. The Bertz CT molecular complexity index is 1350. The normalized spacial score (nSPS) is 11.5. The highest BCUT2D eigenvalue weighted by molar-refractivity contribution is 7.87. The number of hydrogen-bond acceptors (Lipinski definition) is 5.